The number of benzene rings is 1. The number of nitrogens with zero attached hydrogens (tertiary/aromatic N) is 1. The summed E-state index contributed by atoms with van der Waals surface area (Å²) in [5.41, 5.74) is 1.43. The van der Waals surface area contributed by atoms with Crippen LogP contribution < -0.4 is 4.31 Å². The van der Waals surface area contributed by atoms with E-state index in [9.17, 15) is 13.2 Å². The minimum atomic E-state index is -3.64. The van der Waals surface area contributed by atoms with Crippen molar-refractivity contribution in [2.75, 3.05) is 10.6 Å². The van der Waals surface area contributed by atoms with Crippen LogP contribution in [0.5, 0.6) is 0 Å². The van der Waals surface area contributed by atoms with Gasteiger partial charge in [0.1, 0.15) is 6.04 Å². The summed E-state index contributed by atoms with van der Waals surface area (Å²) in [5, 5.41) is 9.01. The summed E-state index contributed by atoms with van der Waals surface area (Å²) in [6, 6.07) is 5.76. The summed E-state index contributed by atoms with van der Waals surface area (Å²) < 4.78 is 24.4. The molecule has 0 saturated carbocycles. The second-order valence-electron chi connectivity index (χ2n) is 4.82. The molecule has 6 heteroatoms. The van der Waals surface area contributed by atoms with Crippen LogP contribution in [0.15, 0.2) is 24.3 Å². The molecule has 0 amide bonds. The predicted molar refractivity (Wildman–Crippen MR) is 75.0 cm³/mol. The van der Waals surface area contributed by atoms with Gasteiger partial charge in [0.15, 0.2) is 0 Å². The summed E-state index contributed by atoms with van der Waals surface area (Å²) >= 11 is 0. The molecule has 1 aromatic carbocycles. The molecule has 0 bridgehead atoms. The highest BCUT2D eigenvalue weighted by Gasteiger charge is 2.28. The monoisotopic (exact) mass is 285 g/mol. The quantitative estimate of drug-likeness (QED) is 0.898. The number of aliphatic carboxylic acids is 1. The predicted octanol–water partition coefficient (Wildman–Crippen LogP) is 2.05. The average molecular weight is 285 g/mol. The van der Waals surface area contributed by atoms with Gasteiger partial charge < -0.3 is 5.11 Å². The maximum Gasteiger partial charge on any atom is 0.327 e. The Bertz CT molecular complexity index is 549. The van der Waals surface area contributed by atoms with Gasteiger partial charge in [-0.25, -0.2) is 13.2 Å². The molecule has 1 atom stereocenters. The summed E-state index contributed by atoms with van der Waals surface area (Å²) in [5.74, 6) is -0.851. The molecule has 5 nitrogen and oxygen atoms in total. The van der Waals surface area contributed by atoms with Crippen LogP contribution >= 0.6 is 0 Å². The largest absolute Gasteiger partial charge is 0.480 e. The molecule has 1 unspecified atom stereocenters. The van der Waals surface area contributed by atoms with Crippen molar-refractivity contribution >= 4 is 21.7 Å². The lowest BCUT2D eigenvalue weighted by Crippen LogP contribution is -2.42. The number of rotatable bonds is 5. The molecule has 0 aromatic heterocycles. The highest BCUT2D eigenvalue weighted by atomic mass is 32.2. The first kappa shape index (κ1) is 15.5. The van der Waals surface area contributed by atoms with Crippen molar-refractivity contribution in [1.29, 1.82) is 0 Å². The van der Waals surface area contributed by atoms with Crippen molar-refractivity contribution in [3.63, 3.8) is 0 Å². The molecular formula is C13H19NO4S. The molecule has 0 aliphatic rings. The maximum atomic E-state index is 11.8. The van der Waals surface area contributed by atoms with E-state index in [-0.39, 0.29) is 0 Å². The number of hydrogen-bond acceptors (Lipinski definition) is 3. The molecule has 0 aliphatic heterocycles. The van der Waals surface area contributed by atoms with Crippen molar-refractivity contribution in [3.05, 3.63) is 29.8 Å². The number of carboxylic acid groups (broad SMARTS) is 1. The van der Waals surface area contributed by atoms with Crippen LogP contribution in [-0.2, 0) is 14.8 Å². The van der Waals surface area contributed by atoms with Gasteiger partial charge in [0.2, 0.25) is 10.0 Å². The summed E-state index contributed by atoms with van der Waals surface area (Å²) in [4.78, 5) is 11.0. The van der Waals surface area contributed by atoms with E-state index in [0.717, 1.165) is 16.1 Å². The van der Waals surface area contributed by atoms with Gasteiger partial charge in [-0.05, 0) is 30.5 Å². The molecular weight excluding hydrogens is 266 g/mol. The van der Waals surface area contributed by atoms with Crippen molar-refractivity contribution in [1.82, 2.24) is 0 Å². The Balaban J connectivity index is 3.23. The fourth-order valence-electron chi connectivity index (χ4n) is 1.81. The summed E-state index contributed by atoms with van der Waals surface area (Å²) in [6.45, 7) is 5.41. The molecule has 0 aliphatic carbocycles. The lowest BCUT2D eigenvalue weighted by molar-refractivity contribution is -0.137. The van der Waals surface area contributed by atoms with Gasteiger partial charge in [-0.2, -0.15) is 0 Å². The Kier molecular flexibility index (Phi) is 4.57. The molecule has 0 heterocycles. The molecule has 1 rings (SSSR count). The Hall–Kier alpha value is -1.56. The van der Waals surface area contributed by atoms with Crippen LogP contribution in [0.1, 0.15) is 32.3 Å². The van der Waals surface area contributed by atoms with Crippen LogP contribution in [0.3, 0.4) is 0 Å². The number of carboxylic acids is 1. The lowest BCUT2D eigenvalue weighted by atomic mass is 10.0. The van der Waals surface area contributed by atoms with E-state index in [0.29, 0.717) is 11.6 Å². The zero-order valence-corrected chi connectivity index (χ0v) is 12.3. The van der Waals surface area contributed by atoms with Gasteiger partial charge in [-0.3, -0.25) is 4.31 Å². The molecule has 0 saturated heterocycles. The Labute approximate surface area is 113 Å². The van der Waals surface area contributed by atoms with Gasteiger partial charge in [0.05, 0.1) is 11.9 Å². The van der Waals surface area contributed by atoms with Gasteiger partial charge >= 0.3 is 5.97 Å². The zero-order chi connectivity index (χ0) is 14.8. The van der Waals surface area contributed by atoms with E-state index in [2.05, 4.69) is 0 Å². The summed E-state index contributed by atoms with van der Waals surface area (Å²) in [6.07, 6.45) is 1.00. The molecule has 0 fully saturated rings. The van der Waals surface area contributed by atoms with Crippen LogP contribution in [0.4, 0.5) is 5.69 Å². The van der Waals surface area contributed by atoms with E-state index >= 15 is 0 Å². The van der Waals surface area contributed by atoms with E-state index < -0.39 is 22.0 Å². The Morgan fingerprint density at radius 2 is 1.63 bits per heavy atom. The number of hydrogen-bond donors (Lipinski definition) is 1. The highest BCUT2D eigenvalue weighted by molar-refractivity contribution is 7.92. The zero-order valence-electron chi connectivity index (χ0n) is 11.5. The highest BCUT2D eigenvalue weighted by Crippen LogP contribution is 2.23. The minimum absolute atomic E-state index is 0.331. The van der Waals surface area contributed by atoms with E-state index in [4.69, 9.17) is 5.11 Å². The second-order valence-corrected chi connectivity index (χ2v) is 6.68. The first-order valence-electron chi connectivity index (χ1n) is 5.96. The third-order valence-electron chi connectivity index (χ3n) is 2.88. The lowest BCUT2D eigenvalue weighted by Gasteiger charge is -2.26. The van der Waals surface area contributed by atoms with Gasteiger partial charge in [0.25, 0.3) is 0 Å². The topological polar surface area (TPSA) is 74.7 Å². The SMILES string of the molecule is CC(C)c1ccc(N(C(C)C(=O)O)S(C)(=O)=O)cc1. The molecule has 0 radical (unpaired) electrons. The number of anilines is 1. The second kappa shape index (κ2) is 5.61. The molecule has 106 valence electrons. The van der Waals surface area contributed by atoms with Crippen LogP contribution in [-0.4, -0.2) is 31.8 Å². The minimum Gasteiger partial charge on any atom is -0.480 e. The third-order valence-corrected chi connectivity index (χ3v) is 4.12. The van der Waals surface area contributed by atoms with E-state index in [1.807, 2.05) is 26.0 Å². The first-order chi connectivity index (χ1) is 8.64. The van der Waals surface area contributed by atoms with Crippen molar-refractivity contribution in [3.8, 4) is 0 Å². The number of sulfonamides is 1. The fraction of sp³-hybridized carbons (Fsp3) is 0.462. The van der Waals surface area contributed by atoms with Gasteiger partial charge in [-0.15, -0.1) is 0 Å². The Morgan fingerprint density at radius 1 is 1.16 bits per heavy atom. The van der Waals surface area contributed by atoms with Gasteiger partial charge in [0, 0.05) is 0 Å². The van der Waals surface area contributed by atoms with Crippen LogP contribution in [0, 0.1) is 0 Å². The molecule has 19 heavy (non-hydrogen) atoms. The number of carbonyl (C=O) groups is 1. The first-order valence-corrected chi connectivity index (χ1v) is 7.81. The van der Waals surface area contributed by atoms with Gasteiger partial charge in [-0.1, -0.05) is 26.0 Å². The standard InChI is InChI=1S/C13H19NO4S/c1-9(2)11-5-7-12(8-6-11)14(19(4,17)18)10(3)13(15)16/h5-10H,1-4H3,(H,15,16). The van der Waals surface area contributed by atoms with Crippen molar-refractivity contribution in [2.24, 2.45) is 0 Å². The molecule has 0 spiro atoms. The fourth-order valence-corrected chi connectivity index (χ4v) is 2.98. The Morgan fingerprint density at radius 3 is 1.95 bits per heavy atom. The molecule has 1 aromatic rings. The van der Waals surface area contributed by atoms with E-state index in [1.165, 1.54) is 6.92 Å². The van der Waals surface area contributed by atoms with Crippen LogP contribution in [0.25, 0.3) is 0 Å². The average Bonchev–Trinajstić information content (AvgIpc) is 2.27. The van der Waals surface area contributed by atoms with Crippen molar-refractivity contribution in [2.45, 2.75) is 32.7 Å². The summed E-state index contributed by atoms with van der Waals surface area (Å²) in [7, 11) is -3.64. The third kappa shape index (κ3) is 3.70. The van der Waals surface area contributed by atoms with Crippen molar-refractivity contribution < 1.29 is 18.3 Å². The van der Waals surface area contributed by atoms with E-state index in [1.54, 1.807) is 12.1 Å². The smallest absolute Gasteiger partial charge is 0.327 e. The normalized spacial score (nSPS) is 13.3. The maximum absolute atomic E-state index is 11.8. The molecule has 1 N–H and O–H groups in total. The van der Waals surface area contributed by atoms with Crippen LogP contribution in [0.2, 0.25) is 0 Å².